The molecule has 142 valence electrons. The van der Waals surface area contributed by atoms with E-state index in [0.29, 0.717) is 0 Å². The maximum Gasteiger partial charge on any atom is 0.129 e. The van der Waals surface area contributed by atoms with E-state index in [1.165, 1.54) is 24.8 Å². The summed E-state index contributed by atoms with van der Waals surface area (Å²) in [6.07, 6.45) is 5.02. The van der Waals surface area contributed by atoms with Crippen molar-refractivity contribution < 1.29 is 9.84 Å². The van der Waals surface area contributed by atoms with Gasteiger partial charge in [0.2, 0.25) is 0 Å². The fraction of sp³-hybridized carbons (Fsp3) is 0.636. The molecule has 0 aliphatic rings. The molecule has 0 atom stereocenters. The second-order valence-electron chi connectivity index (χ2n) is 8.37. The largest absolute Gasteiger partial charge is 0.493 e. The lowest BCUT2D eigenvalue weighted by atomic mass is 9.86. The third kappa shape index (κ3) is 12.7. The van der Waals surface area contributed by atoms with E-state index in [9.17, 15) is 0 Å². The average Bonchev–Trinajstić information content (AvgIpc) is 2.52. The van der Waals surface area contributed by atoms with Crippen LogP contribution in [0, 0.1) is 11.5 Å². The Hall–Kier alpha value is -1.24. The van der Waals surface area contributed by atoms with Crippen LogP contribution in [0.3, 0.4) is 0 Å². The maximum absolute atomic E-state index is 8.28. The minimum Gasteiger partial charge on any atom is -0.493 e. The quantitative estimate of drug-likeness (QED) is 0.393. The number of unbranched alkanes of at least 4 members (excludes halogenated alkanes) is 3. The van der Waals surface area contributed by atoms with Crippen molar-refractivity contribution in [3.8, 4) is 17.2 Å². The van der Waals surface area contributed by atoms with Gasteiger partial charge in [-0.15, -0.1) is 5.54 Å². The summed E-state index contributed by atoms with van der Waals surface area (Å²) in [7, 11) is -1.20. The lowest BCUT2D eigenvalue weighted by Crippen LogP contribution is -2.16. The number of ether oxygens (including phenoxy) is 1. The van der Waals surface area contributed by atoms with Gasteiger partial charge in [0.1, 0.15) is 20.4 Å². The van der Waals surface area contributed by atoms with Crippen LogP contribution in [0.5, 0.6) is 5.75 Å². The topological polar surface area (TPSA) is 29.5 Å². The molecule has 0 fully saturated rings. The van der Waals surface area contributed by atoms with Crippen LogP contribution in [-0.4, -0.2) is 26.4 Å². The van der Waals surface area contributed by atoms with Crippen molar-refractivity contribution in [2.24, 2.45) is 0 Å². The first kappa shape index (κ1) is 23.8. The summed E-state index contributed by atoms with van der Waals surface area (Å²) in [5, 5.41) is 8.28. The molecule has 0 unspecified atom stereocenters. The van der Waals surface area contributed by atoms with Crippen molar-refractivity contribution in [3.05, 3.63) is 29.8 Å². The molecule has 0 radical (unpaired) electrons. The number of para-hydroxylation sites is 1. The molecular formula is C22H38O2Si. The Morgan fingerprint density at radius 3 is 2.16 bits per heavy atom. The Morgan fingerprint density at radius 1 is 1.04 bits per heavy atom. The predicted molar refractivity (Wildman–Crippen MR) is 113 cm³/mol. The summed E-state index contributed by atoms with van der Waals surface area (Å²) in [5.74, 6) is 3.71. The molecule has 0 aliphatic heterocycles. The van der Waals surface area contributed by atoms with Gasteiger partial charge in [0, 0.05) is 0 Å². The zero-order valence-electron chi connectivity index (χ0n) is 17.4. The van der Waals surface area contributed by atoms with E-state index in [0.717, 1.165) is 18.8 Å². The van der Waals surface area contributed by atoms with Crippen LogP contribution in [0.4, 0.5) is 0 Å². The molecule has 0 heterocycles. The summed E-state index contributed by atoms with van der Waals surface area (Å²) in [6, 6.07) is 8.39. The Morgan fingerprint density at radius 2 is 1.68 bits per heavy atom. The van der Waals surface area contributed by atoms with Gasteiger partial charge in [0.15, 0.2) is 0 Å². The third-order valence-corrected chi connectivity index (χ3v) is 4.42. The van der Waals surface area contributed by atoms with E-state index in [1.54, 1.807) is 0 Å². The Balaban J connectivity index is 0.000000609. The first-order chi connectivity index (χ1) is 11.6. The number of benzene rings is 1. The van der Waals surface area contributed by atoms with Crippen LogP contribution in [0.1, 0.15) is 58.9 Å². The van der Waals surface area contributed by atoms with Crippen molar-refractivity contribution in [3.63, 3.8) is 0 Å². The van der Waals surface area contributed by atoms with Crippen LogP contribution in [0.2, 0.25) is 19.6 Å². The molecule has 1 aromatic rings. The molecule has 3 heteroatoms. The number of rotatable bonds is 6. The number of aliphatic hydroxyl groups is 1. The average molecular weight is 363 g/mol. The minimum absolute atomic E-state index is 0.00424. The maximum atomic E-state index is 8.28. The smallest absolute Gasteiger partial charge is 0.129 e. The zero-order chi connectivity index (χ0) is 19.3. The second kappa shape index (κ2) is 12.2. The van der Waals surface area contributed by atoms with E-state index < -0.39 is 8.07 Å². The first-order valence-electron chi connectivity index (χ1n) is 9.45. The van der Waals surface area contributed by atoms with Gasteiger partial charge in [-0.1, -0.05) is 90.7 Å². The highest BCUT2D eigenvalue weighted by molar-refractivity contribution is 6.83. The Labute approximate surface area is 157 Å². The van der Waals surface area contributed by atoms with Crippen LogP contribution in [0.25, 0.3) is 0 Å². The van der Waals surface area contributed by atoms with Gasteiger partial charge in [-0.3, -0.25) is 0 Å². The van der Waals surface area contributed by atoms with Gasteiger partial charge in [-0.05, 0) is 23.5 Å². The van der Waals surface area contributed by atoms with Crippen molar-refractivity contribution in [2.45, 2.75) is 78.4 Å². The number of aliphatic hydroxyl groups excluding tert-OH is 1. The molecule has 0 amide bonds. The van der Waals surface area contributed by atoms with Crippen molar-refractivity contribution in [2.75, 3.05) is 13.2 Å². The molecule has 0 saturated heterocycles. The van der Waals surface area contributed by atoms with Crippen molar-refractivity contribution in [1.82, 2.24) is 0 Å². The van der Waals surface area contributed by atoms with Gasteiger partial charge in [-0.2, -0.15) is 0 Å². The van der Waals surface area contributed by atoms with Gasteiger partial charge in [0.05, 0.1) is 6.61 Å². The molecule has 0 spiro atoms. The van der Waals surface area contributed by atoms with Crippen molar-refractivity contribution in [1.29, 1.82) is 0 Å². The predicted octanol–water partition coefficient (Wildman–Crippen LogP) is 5.80. The SMILES string of the molecule is CCCCCCOc1ccccc1C(C)(C)C.C[Si](C)(C)C#CCO. The first-order valence-corrected chi connectivity index (χ1v) is 12.9. The molecule has 1 N–H and O–H groups in total. The molecule has 0 aromatic heterocycles. The summed E-state index contributed by atoms with van der Waals surface area (Å²) < 4.78 is 5.91. The molecule has 0 bridgehead atoms. The molecular weight excluding hydrogens is 324 g/mol. The highest BCUT2D eigenvalue weighted by Gasteiger charge is 2.18. The molecule has 0 saturated carbocycles. The number of hydrogen-bond acceptors (Lipinski definition) is 2. The Kier molecular flexibility index (Phi) is 11.6. The van der Waals surface area contributed by atoms with Crippen LogP contribution in [0.15, 0.2) is 24.3 Å². The molecule has 1 aromatic carbocycles. The zero-order valence-corrected chi connectivity index (χ0v) is 18.4. The third-order valence-electron chi connectivity index (χ3n) is 3.49. The summed E-state index contributed by atoms with van der Waals surface area (Å²) >= 11 is 0. The minimum atomic E-state index is -1.20. The molecule has 0 aliphatic carbocycles. The standard InChI is InChI=1S/C16H26O.C6H12OSi/c1-5-6-7-10-13-17-15-12-9-8-11-14(15)16(2,3)4;1-8(2,3)6-4-5-7/h8-9,11-12H,5-7,10,13H2,1-4H3;7H,5H2,1-3H3. The monoisotopic (exact) mass is 362 g/mol. The molecule has 1 rings (SSSR count). The lowest BCUT2D eigenvalue weighted by Gasteiger charge is -2.22. The van der Waals surface area contributed by atoms with E-state index in [4.69, 9.17) is 9.84 Å². The van der Waals surface area contributed by atoms with Crippen LogP contribution >= 0.6 is 0 Å². The summed E-state index contributed by atoms with van der Waals surface area (Å²) in [5.41, 5.74) is 4.46. The van der Waals surface area contributed by atoms with Gasteiger partial charge >= 0.3 is 0 Å². The summed E-state index contributed by atoms with van der Waals surface area (Å²) in [4.78, 5) is 0. The normalized spacial score (nSPS) is 11.0. The van der Waals surface area contributed by atoms with Gasteiger partial charge in [0.25, 0.3) is 0 Å². The second-order valence-corrected chi connectivity index (χ2v) is 13.1. The highest BCUT2D eigenvalue weighted by Crippen LogP contribution is 2.30. The van der Waals surface area contributed by atoms with E-state index in [1.807, 2.05) is 0 Å². The Bertz CT molecular complexity index is 527. The lowest BCUT2D eigenvalue weighted by molar-refractivity contribution is 0.297. The fourth-order valence-corrected chi connectivity index (χ4v) is 2.84. The molecule has 25 heavy (non-hydrogen) atoms. The van der Waals surface area contributed by atoms with E-state index >= 15 is 0 Å². The number of hydrogen-bond donors (Lipinski definition) is 1. The van der Waals surface area contributed by atoms with E-state index in [-0.39, 0.29) is 12.0 Å². The van der Waals surface area contributed by atoms with Crippen LogP contribution in [-0.2, 0) is 5.41 Å². The van der Waals surface area contributed by atoms with Crippen LogP contribution < -0.4 is 4.74 Å². The summed E-state index contributed by atoms with van der Waals surface area (Å²) in [6.45, 7) is 16.2. The van der Waals surface area contributed by atoms with Crippen molar-refractivity contribution >= 4 is 8.07 Å². The van der Waals surface area contributed by atoms with Gasteiger partial charge < -0.3 is 9.84 Å². The van der Waals surface area contributed by atoms with E-state index in [2.05, 4.69) is 83.1 Å². The fourth-order valence-electron chi connectivity index (χ4n) is 2.23. The van der Waals surface area contributed by atoms with Gasteiger partial charge in [-0.25, -0.2) is 0 Å². The molecule has 2 nitrogen and oxygen atoms in total. The highest BCUT2D eigenvalue weighted by atomic mass is 28.3.